The number of nitrogen functional groups attached to an aromatic ring is 1. The standard InChI is InChI=1S/C23H16N8/c24-14-9-13(11-25-12-14)17-4-5-19-21(28-17)22(31-30-19)20-10-16-15(6-8-27-23(16)29-20)18-3-1-2-7-26-18/h1-12H,24H2,(H,27,29)(H,30,31). The molecule has 0 aromatic carbocycles. The van der Waals surface area contributed by atoms with Gasteiger partial charge in [0.25, 0.3) is 0 Å². The summed E-state index contributed by atoms with van der Waals surface area (Å²) in [5.74, 6) is 0. The molecule has 6 aromatic heterocycles. The van der Waals surface area contributed by atoms with Gasteiger partial charge in [0, 0.05) is 41.3 Å². The van der Waals surface area contributed by atoms with Crippen LogP contribution in [0.2, 0.25) is 0 Å². The maximum absolute atomic E-state index is 5.89. The highest BCUT2D eigenvalue weighted by Crippen LogP contribution is 2.32. The van der Waals surface area contributed by atoms with Gasteiger partial charge in [-0.1, -0.05) is 6.07 Å². The van der Waals surface area contributed by atoms with Crippen molar-refractivity contribution >= 4 is 27.8 Å². The number of aromatic amines is 2. The average molecular weight is 404 g/mol. The largest absolute Gasteiger partial charge is 0.397 e. The Balaban J connectivity index is 1.51. The summed E-state index contributed by atoms with van der Waals surface area (Å²) in [5.41, 5.74) is 13.9. The van der Waals surface area contributed by atoms with Crippen LogP contribution >= 0.6 is 0 Å². The van der Waals surface area contributed by atoms with Gasteiger partial charge in [0.15, 0.2) is 0 Å². The maximum Gasteiger partial charge on any atom is 0.138 e. The second kappa shape index (κ2) is 6.74. The van der Waals surface area contributed by atoms with Crippen molar-refractivity contribution in [1.82, 2.24) is 35.1 Å². The van der Waals surface area contributed by atoms with Crippen molar-refractivity contribution in [2.45, 2.75) is 0 Å². The quantitative estimate of drug-likeness (QED) is 0.406. The third-order valence-electron chi connectivity index (χ3n) is 5.19. The van der Waals surface area contributed by atoms with Crippen molar-refractivity contribution in [3.05, 3.63) is 73.3 Å². The van der Waals surface area contributed by atoms with Gasteiger partial charge in [-0.05, 0) is 42.5 Å². The molecule has 0 fully saturated rings. The molecule has 0 unspecified atom stereocenters. The molecule has 0 aliphatic heterocycles. The van der Waals surface area contributed by atoms with Crippen LogP contribution in [-0.4, -0.2) is 35.1 Å². The Hall–Kier alpha value is -4.59. The van der Waals surface area contributed by atoms with Crippen molar-refractivity contribution in [1.29, 1.82) is 0 Å². The van der Waals surface area contributed by atoms with Crippen LogP contribution in [0.25, 0.3) is 56.0 Å². The monoisotopic (exact) mass is 404 g/mol. The van der Waals surface area contributed by atoms with E-state index >= 15 is 0 Å². The van der Waals surface area contributed by atoms with Gasteiger partial charge in [-0.3, -0.25) is 15.1 Å². The Morgan fingerprint density at radius 3 is 2.71 bits per heavy atom. The van der Waals surface area contributed by atoms with Gasteiger partial charge in [0.05, 0.1) is 28.3 Å². The first kappa shape index (κ1) is 17.3. The molecule has 0 bridgehead atoms. The summed E-state index contributed by atoms with van der Waals surface area (Å²) in [6, 6.07) is 15.6. The van der Waals surface area contributed by atoms with E-state index < -0.39 is 0 Å². The molecule has 0 atom stereocenters. The highest BCUT2D eigenvalue weighted by atomic mass is 15.1. The van der Waals surface area contributed by atoms with E-state index in [1.165, 1.54) is 0 Å². The number of anilines is 1. The Kier molecular flexibility index (Phi) is 3.76. The molecule has 0 radical (unpaired) electrons. The summed E-state index contributed by atoms with van der Waals surface area (Å²) >= 11 is 0. The third kappa shape index (κ3) is 2.89. The molecule has 0 aliphatic carbocycles. The minimum atomic E-state index is 0.593. The second-order valence-electron chi connectivity index (χ2n) is 7.19. The van der Waals surface area contributed by atoms with Crippen LogP contribution in [0.5, 0.6) is 0 Å². The molecule has 0 amide bonds. The average Bonchev–Trinajstić information content (AvgIpc) is 3.43. The minimum Gasteiger partial charge on any atom is -0.397 e. The Labute approximate surface area is 176 Å². The normalized spacial score (nSPS) is 11.4. The summed E-state index contributed by atoms with van der Waals surface area (Å²) in [4.78, 5) is 21.3. The Morgan fingerprint density at radius 1 is 0.871 bits per heavy atom. The number of fused-ring (bicyclic) bond motifs is 2. The summed E-state index contributed by atoms with van der Waals surface area (Å²) in [6.45, 7) is 0. The molecule has 0 saturated carbocycles. The zero-order valence-corrected chi connectivity index (χ0v) is 16.2. The first-order valence-electron chi connectivity index (χ1n) is 9.72. The van der Waals surface area contributed by atoms with E-state index in [2.05, 4.69) is 30.1 Å². The number of pyridine rings is 4. The van der Waals surface area contributed by atoms with Crippen molar-refractivity contribution in [2.75, 3.05) is 5.73 Å². The molecule has 0 aliphatic rings. The first-order chi connectivity index (χ1) is 15.3. The van der Waals surface area contributed by atoms with Gasteiger partial charge >= 0.3 is 0 Å². The van der Waals surface area contributed by atoms with Crippen molar-refractivity contribution in [3.8, 4) is 33.9 Å². The Morgan fingerprint density at radius 2 is 1.84 bits per heavy atom. The van der Waals surface area contributed by atoms with Crippen LogP contribution < -0.4 is 5.73 Å². The van der Waals surface area contributed by atoms with Crippen molar-refractivity contribution in [3.63, 3.8) is 0 Å². The van der Waals surface area contributed by atoms with E-state index in [1.807, 2.05) is 48.5 Å². The predicted molar refractivity (Wildman–Crippen MR) is 120 cm³/mol. The smallest absolute Gasteiger partial charge is 0.138 e. The lowest BCUT2D eigenvalue weighted by molar-refractivity contribution is 1.12. The van der Waals surface area contributed by atoms with Crippen LogP contribution in [-0.2, 0) is 0 Å². The number of nitrogens with one attached hydrogen (secondary N) is 2. The van der Waals surface area contributed by atoms with Crippen LogP contribution in [0.4, 0.5) is 5.69 Å². The minimum absolute atomic E-state index is 0.593. The summed E-state index contributed by atoms with van der Waals surface area (Å²) in [5, 5.41) is 8.55. The molecular formula is C23H16N8. The van der Waals surface area contributed by atoms with Gasteiger partial charge in [0.2, 0.25) is 0 Å². The van der Waals surface area contributed by atoms with Crippen LogP contribution in [0, 0.1) is 0 Å². The molecule has 31 heavy (non-hydrogen) atoms. The number of H-pyrrole nitrogens is 2. The number of rotatable bonds is 3. The lowest BCUT2D eigenvalue weighted by Crippen LogP contribution is -1.90. The number of aromatic nitrogens is 7. The highest BCUT2D eigenvalue weighted by molar-refractivity contribution is 5.98. The van der Waals surface area contributed by atoms with Gasteiger partial charge in [-0.15, -0.1) is 0 Å². The fraction of sp³-hybridized carbons (Fsp3) is 0. The van der Waals surface area contributed by atoms with Gasteiger partial charge in [-0.25, -0.2) is 9.97 Å². The molecule has 4 N–H and O–H groups in total. The molecule has 8 heteroatoms. The number of nitrogens with zero attached hydrogens (tertiary/aromatic N) is 5. The van der Waals surface area contributed by atoms with E-state index in [0.29, 0.717) is 5.69 Å². The van der Waals surface area contributed by atoms with Gasteiger partial charge in [-0.2, -0.15) is 5.10 Å². The number of hydrogen-bond donors (Lipinski definition) is 3. The van der Waals surface area contributed by atoms with Gasteiger partial charge < -0.3 is 10.7 Å². The van der Waals surface area contributed by atoms with E-state index in [-0.39, 0.29) is 0 Å². The first-order valence-corrected chi connectivity index (χ1v) is 9.72. The van der Waals surface area contributed by atoms with E-state index in [1.54, 1.807) is 24.8 Å². The molecule has 6 heterocycles. The number of hydrogen-bond acceptors (Lipinski definition) is 6. The molecule has 6 aromatic rings. The topological polar surface area (TPSA) is 122 Å². The molecule has 0 spiro atoms. The van der Waals surface area contributed by atoms with E-state index in [4.69, 9.17) is 10.7 Å². The maximum atomic E-state index is 5.89. The van der Waals surface area contributed by atoms with Crippen LogP contribution in [0.1, 0.15) is 0 Å². The summed E-state index contributed by atoms with van der Waals surface area (Å²) in [6.07, 6.45) is 6.92. The van der Waals surface area contributed by atoms with Crippen LogP contribution in [0.3, 0.4) is 0 Å². The van der Waals surface area contributed by atoms with Gasteiger partial charge in [0.1, 0.15) is 16.9 Å². The lowest BCUT2D eigenvalue weighted by Gasteiger charge is -2.02. The highest BCUT2D eigenvalue weighted by Gasteiger charge is 2.16. The second-order valence-corrected chi connectivity index (χ2v) is 7.19. The van der Waals surface area contributed by atoms with E-state index in [9.17, 15) is 0 Å². The summed E-state index contributed by atoms with van der Waals surface area (Å²) in [7, 11) is 0. The molecule has 6 rings (SSSR count). The zero-order chi connectivity index (χ0) is 20.8. The molecule has 8 nitrogen and oxygen atoms in total. The summed E-state index contributed by atoms with van der Waals surface area (Å²) < 4.78 is 0. The fourth-order valence-electron chi connectivity index (χ4n) is 3.75. The Bertz CT molecular complexity index is 1550. The molecular weight excluding hydrogens is 388 g/mol. The molecule has 0 saturated heterocycles. The van der Waals surface area contributed by atoms with Crippen molar-refractivity contribution in [2.24, 2.45) is 0 Å². The fourth-order valence-corrected chi connectivity index (χ4v) is 3.75. The SMILES string of the molecule is Nc1cncc(-c2ccc3[nH]nc(-c4cc5c(-c6ccccn6)ccnc5[nH]4)c3n2)c1. The third-order valence-corrected chi connectivity index (χ3v) is 5.19. The number of nitrogens with two attached hydrogens (primary N) is 1. The molecule has 148 valence electrons. The van der Waals surface area contributed by atoms with Crippen molar-refractivity contribution < 1.29 is 0 Å². The van der Waals surface area contributed by atoms with E-state index in [0.717, 1.165) is 56.0 Å². The predicted octanol–water partition coefficient (Wildman–Crippen LogP) is 4.21. The zero-order valence-electron chi connectivity index (χ0n) is 16.2. The lowest BCUT2D eigenvalue weighted by atomic mass is 10.1. The van der Waals surface area contributed by atoms with Crippen LogP contribution in [0.15, 0.2) is 73.3 Å².